The van der Waals surface area contributed by atoms with Crippen LogP contribution in [-0.4, -0.2) is 53.3 Å². The lowest BCUT2D eigenvalue weighted by Gasteiger charge is -2.32. The van der Waals surface area contributed by atoms with Crippen LogP contribution in [0.2, 0.25) is 0 Å². The summed E-state index contributed by atoms with van der Waals surface area (Å²) in [6, 6.07) is 6.88. The Bertz CT molecular complexity index is 825. The molecule has 140 valence electrons. The number of anilines is 1. The number of hydrogen-bond donors (Lipinski definition) is 1. The first kappa shape index (κ1) is 17.7. The average molecular weight is 384 g/mol. The molecule has 0 unspecified atom stereocenters. The monoisotopic (exact) mass is 384 g/mol. The van der Waals surface area contributed by atoms with E-state index in [-0.39, 0.29) is 36.7 Å². The molecule has 1 saturated heterocycles. The first-order valence-electron chi connectivity index (χ1n) is 9.02. The molecule has 0 aliphatic carbocycles. The second kappa shape index (κ2) is 7.48. The summed E-state index contributed by atoms with van der Waals surface area (Å²) in [7, 11) is 0. The Kier molecular flexibility index (Phi) is 4.89. The topological polar surface area (TPSA) is 82.6 Å². The number of fused-ring (bicyclic) bond motifs is 1. The van der Waals surface area contributed by atoms with Gasteiger partial charge in [-0.15, -0.1) is 11.3 Å². The van der Waals surface area contributed by atoms with Crippen LogP contribution in [0.3, 0.4) is 0 Å². The maximum atomic E-state index is 12.3. The van der Waals surface area contributed by atoms with Gasteiger partial charge in [-0.05, 0) is 25.0 Å². The van der Waals surface area contributed by atoms with Crippen LogP contribution in [0.25, 0.3) is 0 Å². The third kappa shape index (κ3) is 3.57. The molecule has 0 bridgehead atoms. The van der Waals surface area contributed by atoms with E-state index in [2.05, 4.69) is 15.2 Å². The molecule has 1 fully saturated rings. The summed E-state index contributed by atoms with van der Waals surface area (Å²) in [6.07, 6.45) is 3.64. The Morgan fingerprint density at radius 1 is 1.15 bits per heavy atom. The highest BCUT2D eigenvalue weighted by Gasteiger charge is 2.35. The molecule has 2 aliphatic heterocycles. The van der Waals surface area contributed by atoms with E-state index >= 15 is 0 Å². The second-order valence-corrected chi connectivity index (χ2v) is 7.57. The highest BCUT2D eigenvalue weighted by Crippen LogP contribution is 2.23. The van der Waals surface area contributed by atoms with E-state index < -0.39 is 0 Å². The smallest absolute Gasteiger partial charge is 0.261 e. The molecule has 3 amide bonds. The number of rotatable bonds is 5. The van der Waals surface area contributed by atoms with E-state index in [0.717, 1.165) is 36.0 Å². The molecular formula is C19H20N4O3S. The minimum absolute atomic E-state index is 0.107. The van der Waals surface area contributed by atoms with E-state index in [1.165, 1.54) is 0 Å². The van der Waals surface area contributed by atoms with Crippen LogP contribution in [-0.2, 0) is 4.79 Å². The third-order valence-electron chi connectivity index (χ3n) is 4.99. The number of aromatic nitrogens is 1. The molecular weight excluding hydrogens is 364 g/mol. The van der Waals surface area contributed by atoms with E-state index in [0.29, 0.717) is 11.1 Å². The minimum atomic E-state index is -0.319. The van der Waals surface area contributed by atoms with Gasteiger partial charge in [-0.2, -0.15) is 0 Å². The maximum absolute atomic E-state index is 12.3. The van der Waals surface area contributed by atoms with Gasteiger partial charge in [0.25, 0.3) is 11.8 Å². The summed E-state index contributed by atoms with van der Waals surface area (Å²) >= 11 is 1.62. The van der Waals surface area contributed by atoms with Crippen molar-refractivity contribution in [1.82, 2.24) is 15.2 Å². The van der Waals surface area contributed by atoms with Crippen molar-refractivity contribution in [1.29, 1.82) is 0 Å². The first-order chi connectivity index (χ1) is 13.1. The summed E-state index contributed by atoms with van der Waals surface area (Å²) in [4.78, 5) is 44.6. The lowest BCUT2D eigenvalue weighted by atomic mass is 10.1. The highest BCUT2D eigenvalue weighted by atomic mass is 32.1. The number of hydrogen-bond acceptors (Lipinski definition) is 6. The standard InChI is InChI=1S/C19H20N4O3S/c24-16(21-13-5-9-22(10-6-13)19-20-8-12-27-19)7-11-23-17(25)14-3-1-2-4-15(14)18(23)26/h1-4,8,12-13H,5-7,9-11H2,(H,21,24). The Hall–Kier alpha value is -2.74. The van der Waals surface area contributed by atoms with Gasteiger partial charge in [0, 0.05) is 43.7 Å². The Morgan fingerprint density at radius 3 is 2.41 bits per heavy atom. The van der Waals surface area contributed by atoms with Crippen molar-refractivity contribution in [3.05, 3.63) is 47.0 Å². The second-order valence-electron chi connectivity index (χ2n) is 6.70. The molecule has 2 aliphatic rings. The summed E-state index contributed by atoms with van der Waals surface area (Å²) in [5, 5.41) is 6.01. The average Bonchev–Trinajstić information content (AvgIpc) is 3.30. The largest absolute Gasteiger partial charge is 0.353 e. The molecule has 2 aromatic rings. The van der Waals surface area contributed by atoms with Crippen LogP contribution in [0, 0.1) is 0 Å². The Balaban J connectivity index is 1.25. The Labute approximate surface area is 161 Å². The fourth-order valence-electron chi connectivity index (χ4n) is 3.54. The summed E-state index contributed by atoms with van der Waals surface area (Å²) < 4.78 is 0. The van der Waals surface area contributed by atoms with Crippen LogP contribution in [0.1, 0.15) is 40.0 Å². The van der Waals surface area contributed by atoms with Crippen LogP contribution in [0.15, 0.2) is 35.8 Å². The summed E-state index contributed by atoms with van der Waals surface area (Å²) in [5.41, 5.74) is 0.829. The van der Waals surface area contributed by atoms with Crippen LogP contribution < -0.4 is 10.2 Å². The Morgan fingerprint density at radius 2 is 1.81 bits per heavy atom. The van der Waals surface area contributed by atoms with Crippen molar-refractivity contribution in [2.75, 3.05) is 24.5 Å². The van der Waals surface area contributed by atoms with Crippen LogP contribution >= 0.6 is 11.3 Å². The SMILES string of the molecule is O=C(CCN1C(=O)c2ccccc2C1=O)NC1CCN(c2nccs2)CC1. The van der Waals surface area contributed by atoms with Gasteiger partial charge in [-0.3, -0.25) is 19.3 Å². The van der Waals surface area contributed by atoms with Crippen molar-refractivity contribution in [2.45, 2.75) is 25.3 Å². The van der Waals surface area contributed by atoms with Crippen LogP contribution in [0.5, 0.6) is 0 Å². The number of nitrogens with one attached hydrogen (secondary N) is 1. The predicted molar refractivity (Wildman–Crippen MR) is 102 cm³/mol. The number of amides is 3. The van der Waals surface area contributed by atoms with Crippen molar-refractivity contribution < 1.29 is 14.4 Å². The summed E-state index contributed by atoms with van der Waals surface area (Å²) in [6.45, 7) is 1.82. The van der Waals surface area contributed by atoms with Gasteiger partial charge >= 0.3 is 0 Å². The molecule has 4 rings (SSSR count). The van der Waals surface area contributed by atoms with Gasteiger partial charge in [0.2, 0.25) is 5.91 Å². The molecule has 7 nitrogen and oxygen atoms in total. The number of carbonyl (C=O) groups excluding carboxylic acids is 3. The van der Waals surface area contributed by atoms with Crippen molar-refractivity contribution in [3.63, 3.8) is 0 Å². The van der Waals surface area contributed by atoms with E-state index in [1.54, 1.807) is 41.8 Å². The number of piperidine rings is 1. The van der Waals surface area contributed by atoms with Crippen molar-refractivity contribution in [2.24, 2.45) is 0 Å². The molecule has 0 spiro atoms. The minimum Gasteiger partial charge on any atom is -0.353 e. The molecule has 27 heavy (non-hydrogen) atoms. The summed E-state index contributed by atoms with van der Waals surface area (Å²) in [5.74, 6) is -0.764. The number of carbonyl (C=O) groups is 3. The molecule has 1 aromatic carbocycles. The van der Waals surface area contributed by atoms with Gasteiger partial charge in [0.15, 0.2) is 5.13 Å². The highest BCUT2D eigenvalue weighted by molar-refractivity contribution is 7.13. The van der Waals surface area contributed by atoms with E-state index in [1.807, 2.05) is 5.38 Å². The zero-order chi connectivity index (χ0) is 18.8. The fourth-order valence-corrected chi connectivity index (χ4v) is 4.24. The van der Waals surface area contributed by atoms with E-state index in [4.69, 9.17) is 0 Å². The number of nitrogens with zero attached hydrogens (tertiary/aromatic N) is 3. The predicted octanol–water partition coefficient (Wildman–Crippen LogP) is 1.91. The van der Waals surface area contributed by atoms with Crippen molar-refractivity contribution in [3.8, 4) is 0 Å². The molecule has 0 atom stereocenters. The number of benzene rings is 1. The first-order valence-corrected chi connectivity index (χ1v) is 9.90. The van der Waals surface area contributed by atoms with Gasteiger partial charge < -0.3 is 10.2 Å². The molecule has 1 aromatic heterocycles. The zero-order valence-corrected chi connectivity index (χ0v) is 15.6. The quantitative estimate of drug-likeness (QED) is 0.797. The number of thiazole rings is 1. The maximum Gasteiger partial charge on any atom is 0.261 e. The molecule has 0 saturated carbocycles. The lowest BCUT2D eigenvalue weighted by Crippen LogP contribution is -2.45. The fraction of sp³-hybridized carbons (Fsp3) is 0.368. The third-order valence-corrected chi connectivity index (χ3v) is 5.82. The molecule has 8 heteroatoms. The van der Waals surface area contributed by atoms with E-state index in [9.17, 15) is 14.4 Å². The van der Waals surface area contributed by atoms with Crippen LogP contribution in [0.4, 0.5) is 5.13 Å². The van der Waals surface area contributed by atoms with Gasteiger partial charge in [-0.25, -0.2) is 4.98 Å². The zero-order valence-electron chi connectivity index (χ0n) is 14.8. The van der Waals surface area contributed by atoms with Gasteiger partial charge in [0.1, 0.15) is 0 Å². The molecule has 0 radical (unpaired) electrons. The lowest BCUT2D eigenvalue weighted by molar-refractivity contribution is -0.122. The van der Waals surface area contributed by atoms with Crippen molar-refractivity contribution >= 4 is 34.2 Å². The number of imide groups is 1. The normalized spacial score (nSPS) is 17.3. The van der Waals surface area contributed by atoms with Gasteiger partial charge in [0.05, 0.1) is 11.1 Å². The molecule has 1 N–H and O–H groups in total. The van der Waals surface area contributed by atoms with Gasteiger partial charge in [-0.1, -0.05) is 12.1 Å². The molecule has 3 heterocycles.